The Labute approximate surface area is 213 Å². The minimum Gasteiger partial charge on any atom is -0.505 e. The maximum Gasteiger partial charge on any atom is 0.354 e. The van der Waals surface area contributed by atoms with Crippen LogP contribution in [0.3, 0.4) is 0 Å². The zero-order chi connectivity index (χ0) is 25.4. The van der Waals surface area contributed by atoms with Crippen molar-refractivity contribution >= 4 is 45.4 Å². The molecule has 9 heteroatoms. The molecule has 3 aromatic carbocycles. The second-order valence-electron chi connectivity index (χ2n) is 7.95. The average molecular weight is 522 g/mol. The fraction of sp³-hybridized carbons (Fsp3) is 0.111. The molecule has 5 rings (SSSR count). The van der Waals surface area contributed by atoms with Crippen LogP contribution in [-0.4, -0.2) is 23.0 Å². The number of ether oxygens (including phenoxy) is 1. The lowest BCUT2D eigenvalue weighted by molar-refractivity contribution is 0.414. The molecular formula is C27H20FNO5S2. The summed E-state index contributed by atoms with van der Waals surface area (Å²) < 4.78 is 25.8. The Morgan fingerprint density at radius 3 is 2.36 bits per heavy atom. The zero-order valence-corrected chi connectivity index (χ0v) is 20.9. The number of methoxy groups -OCH3 is 1. The fourth-order valence-corrected chi connectivity index (χ4v) is 5.24. The summed E-state index contributed by atoms with van der Waals surface area (Å²) in [6.45, 7) is 0.142. The Bertz CT molecular complexity index is 1710. The number of rotatable bonds is 6. The van der Waals surface area contributed by atoms with Gasteiger partial charge < -0.3 is 18.8 Å². The predicted octanol–water partition coefficient (Wildman–Crippen LogP) is 5.88. The van der Waals surface area contributed by atoms with E-state index in [0.717, 1.165) is 16.7 Å². The maximum absolute atomic E-state index is 13.8. The molecule has 0 unspecified atom stereocenters. The van der Waals surface area contributed by atoms with Gasteiger partial charge in [0.1, 0.15) is 21.8 Å². The van der Waals surface area contributed by atoms with E-state index in [2.05, 4.69) is 0 Å². The van der Waals surface area contributed by atoms with Gasteiger partial charge in [-0.15, -0.1) is 11.8 Å². The highest BCUT2D eigenvalue weighted by atomic mass is 32.2. The summed E-state index contributed by atoms with van der Waals surface area (Å²) in [5.74, 6) is -0.164. The van der Waals surface area contributed by atoms with Crippen LogP contribution in [0.4, 0.5) is 4.39 Å². The summed E-state index contributed by atoms with van der Waals surface area (Å²) in [6, 6.07) is 18.3. The summed E-state index contributed by atoms with van der Waals surface area (Å²) in [6.07, 6.45) is 1.92. The summed E-state index contributed by atoms with van der Waals surface area (Å²) in [7, 11) is 1.55. The highest BCUT2D eigenvalue weighted by molar-refractivity contribution is 7.99. The Balaban J connectivity index is 1.75. The van der Waals surface area contributed by atoms with Crippen molar-refractivity contribution in [2.75, 3.05) is 13.4 Å². The number of pyridine rings is 1. The molecule has 0 radical (unpaired) electrons. The van der Waals surface area contributed by atoms with Crippen LogP contribution in [0, 0.1) is 5.82 Å². The van der Waals surface area contributed by atoms with Crippen LogP contribution in [0.15, 0.2) is 95.4 Å². The number of nitrogens with zero attached hydrogens (tertiary/aromatic N) is 1. The van der Waals surface area contributed by atoms with E-state index in [1.54, 1.807) is 49.6 Å². The molecule has 0 amide bonds. The maximum atomic E-state index is 13.8. The molecule has 6 nitrogen and oxygen atoms in total. The van der Waals surface area contributed by atoms with Crippen LogP contribution in [0.5, 0.6) is 11.5 Å². The SMILES string of the molecule is COc1ccc(Sc2c(O)c3c(=O)n(Cc4ccc(F)cc4)c4cc(SC)ccc4c3oc2=O)cc1. The smallest absolute Gasteiger partial charge is 0.354 e. The quantitative estimate of drug-likeness (QED) is 0.221. The molecule has 0 fully saturated rings. The molecule has 0 spiro atoms. The van der Waals surface area contributed by atoms with Gasteiger partial charge in [0.15, 0.2) is 11.3 Å². The van der Waals surface area contributed by atoms with Crippen LogP contribution in [0.2, 0.25) is 0 Å². The summed E-state index contributed by atoms with van der Waals surface area (Å²) >= 11 is 2.51. The van der Waals surface area contributed by atoms with E-state index >= 15 is 0 Å². The van der Waals surface area contributed by atoms with Gasteiger partial charge >= 0.3 is 5.63 Å². The molecule has 0 saturated carbocycles. The van der Waals surface area contributed by atoms with Gasteiger partial charge in [-0.05, 0) is 66.4 Å². The topological polar surface area (TPSA) is 81.7 Å². The number of aromatic nitrogens is 1. The molecular weight excluding hydrogens is 501 g/mol. The van der Waals surface area contributed by atoms with Gasteiger partial charge in [-0.3, -0.25) is 4.79 Å². The Morgan fingerprint density at radius 1 is 1.00 bits per heavy atom. The molecule has 0 bridgehead atoms. The van der Waals surface area contributed by atoms with Gasteiger partial charge in [0.05, 0.1) is 19.2 Å². The van der Waals surface area contributed by atoms with Crippen molar-refractivity contribution in [3.05, 3.63) is 98.9 Å². The summed E-state index contributed by atoms with van der Waals surface area (Å²) in [4.78, 5) is 28.2. The van der Waals surface area contributed by atoms with Crippen molar-refractivity contribution in [1.82, 2.24) is 4.57 Å². The van der Waals surface area contributed by atoms with Crippen molar-refractivity contribution in [2.45, 2.75) is 21.2 Å². The lowest BCUT2D eigenvalue weighted by Gasteiger charge is -2.15. The number of thioether (sulfide) groups is 1. The second-order valence-corrected chi connectivity index (χ2v) is 9.91. The van der Waals surface area contributed by atoms with Gasteiger partial charge in [0.25, 0.3) is 5.56 Å². The molecule has 2 heterocycles. The standard InChI is InChI=1S/C27H20FNO5S2/c1-33-17-7-9-18(10-8-17)36-25-23(30)22-24(34-27(25)32)20-12-11-19(35-2)13-21(20)29(26(22)31)14-15-3-5-16(28)6-4-15/h3-13,30H,14H2,1-2H3. The largest absolute Gasteiger partial charge is 0.505 e. The zero-order valence-electron chi connectivity index (χ0n) is 19.3. The molecule has 0 saturated heterocycles. The van der Waals surface area contributed by atoms with Gasteiger partial charge in [0, 0.05) is 15.2 Å². The van der Waals surface area contributed by atoms with Crippen molar-refractivity contribution in [2.24, 2.45) is 0 Å². The monoisotopic (exact) mass is 521 g/mol. The molecule has 2 aromatic heterocycles. The van der Waals surface area contributed by atoms with E-state index in [1.807, 2.05) is 18.4 Å². The van der Waals surface area contributed by atoms with Crippen LogP contribution in [0.25, 0.3) is 21.9 Å². The third kappa shape index (κ3) is 4.36. The van der Waals surface area contributed by atoms with Crippen molar-refractivity contribution < 1.29 is 18.7 Å². The van der Waals surface area contributed by atoms with Crippen LogP contribution in [-0.2, 0) is 6.54 Å². The average Bonchev–Trinajstić information content (AvgIpc) is 2.89. The first-order valence-electron chi connectivity index (χ1n) is 10.9. The van der Waals surface area contributed by atoms with Crippen molar-refractivity contribution in [3.63, 3.8) is 0 Å². The first-order chi connectivity index (χ1) is 17.4. The molecule has 182 valence electrons. The lowest BCUT2D eigenvalue weighted by atomic mass is 10.1. The Hall–Kier alpha value is -3.69. The number of halogens is 1. The van der Waals surface area contributed by atoms with E-state index in [9.17, 15) is 19.1 Å². The normalized spacial score (nSPS) is 11.3. The van der Waals surface area contributed by atoms with Gasteiger partial charge in [-0.25, -0.2) is 9.18 Å². The first kappa shape index (κ1) is 24.0. The molecule has 0 aliphatic carbocycles. The number of aromatic hydroxyl groups is 1. The van der Waals surface area contributed by atoms with Crippen molar-refractivity contribution in [1.29, 1.82) is 0 Å². The van der Waals surface area contributed by atoms with Gasteiger partial charge in [-0.1, -0.05) is 23.9 Å². The van der Waals surface area contributed by atoms with Crippen LogP contribution >= 0.6 is 23.5 Å². The Kier molecular flexibility index (Phi) is 6.51. The van der Waals surface area contributed by atoms with Crippen molar-refractivity contribution in [3.8, 4) is 11.5 Å². The van der Waals surface area contributed by atoms with E-state index in [4.69, 9.17) is 9.15 Å². The highest BCUT2D eigenvalue weighted by Gasteiger charge is 2.22. The van der Waals surface area contributed by atoms with Gasteiger partial charge in [-0.2, -0.15) is 0 Å². The summed E-state index contributed by atoms with van der Waals surface area (Å²) in [5, 5.41) is 11.6. The van der Waals surface area contributed by atoms with Crippen LogP contribution in [0.1, 0.15) is 5.56 Å². The highest BCUT2D eigenvalue weighted by Crippen LogP contribution is 2.38. The third-order valence-corrected chi connectivity index (χ3v) is 7.59. The van der Waals surface area contributed by atoms with Crippen LogP contribution < -0.4 is 15.9 Å². The fourth-order valence-electron chi connectivity index (χ4n) is 3.97. The van der Waals surface area contributed by atoms with E-state index in [1.165, 1.54) is 28.5 Å². The van der Waals surface area contributed by atoms with E-state index in [-0.39, 0.29) is 28.2 Å². The number of hydrogen-bond donors (Lipinski definition) is 1. The minimum absolute atomic E-state index is 0.0274. The van der Waals surface area contributed by atoms with E-state index < -0.39 is 16.9 Å². The molecule has 1 N–H and O–H groups in total. The Morgan fingerprint density at radius 2 is 1.69 bits per heavy atom. The minimum atomic E-state index is -0.744. The number of hydrogen-bond acceptors (Lipinski definition) is 7. The third-order valence-electron chi connectivity index (χ3n) is 5.79. The van der Waals surface area contributed by atoms with E-state index in [0.29, 0.717) is 27.1 Å². The molecule has 0 aliphatic rings. The molecule has 0 atom stereocenters. The summed E-state index contributed by atoms with van der Waals surface area (Å²) in [5.41, 5.74) is 0.0180. The first-order valence-corrected chi connectivity index (χ1v) is 12.9. The number of benzene rings is 3. The predicted molar refractivity (Wildman–Crippen MR) is 140 cm³/mol. The molecule has 5 aromatic rings. The molecule has 0 aliphatic heterocycles. The second kappa shape index (κ2) is 9.75. The number of fused-ring (bicyclic) bond motifs is 3. The van der Waals surface area contributed by atoms with Gasteiger partial charge in [0.2, 0.25) is 0 Å². The molecule has 36 heavy (non-hydrogen) atoms. The lowest BCUT2D eigenvalue weighted by Crippen LogP contribution is -2.23.